The number of imidazole rings is 1. The molecule has 0 saturated carbocycles. The quantitative estimate of drug-likeness (QED) is 0.784. The molecule has 2 aromatic rings. The molecule has 0 saturated heterocycles. The fraction of sp³-hybridized carbons (Fsp3) is 0.400. The van der Waals surface area contributed by atoms with Crippen molar-refractivity contribution in [2.45, 2.75) is 26.3 Å². The lowest BCUT2D eigenvalue weighted by molar-refractivity contribution is -0.143. The van der Waals surface area contributed by atoms with Crippen LogP contribution in [0.25, 0.3) is 11.0 Å². The molecule has 0 spiro atoms. The summed E-state index contributed by atoms with van der Waals surface area (Å²) < 4.78 is 6.73. The number of rotatable bonds is 7. The summed E-state index contributed by atoms with van der Waals surface area (Å²) in [7, 11) is 0. The number of para-hydroxylation sites is 2. The molecule has 1 aromatic heterocycles. The lowest BCUT2D eigenvalue weighted by Gasteiger charge is -2.06. The molecule has 6 heteroatoms. The number of nitrogens with zero attached hydrogens (tertiary/aromatic N) is 2. The first-order valence-corrected chi connectivity index (χ1v) is 7.03. The van der Waals surface area contributed by atoms with E-state index in [2.05, 4.69) is 10.3 Å². The maximum atomic E-state index is 11.7. The summed E-state index contributed by atoms with van der Waals surface area (Å²) in [6, 6.07) is 7.79. The second-order valence-electron chi connectivity index (χ2n) is 4.58. The highest BCUT2D eigenvalue weighted by Gasteiger charge is 2.06. The average Bonchev–Trinajstić information content (AvgIpc) is 2.89. The Morgan fingerprint density at radius 3 is 2.90 bits per heavy atom. The van der Waals surface area contributed by atoms with Crippen molar-refractivity contribution in [3.8, 4) is 0 Å². The van der Waals surface area contributed by atoms with Crippen LogP contribution in [0.4, 0.5) is 0 Å². The van der Waals surface area contributed by atoms with Gasteiger partial charge >= 0.3 is 5.97 Å². The predicted octanol–water partition coefficient (Wildman–Crippen LogP) is 1.50. The summed E-state index contributed by atoms with van der Waals surface area (Å²) in [6.07, 6.45) is 2.29. The third-order valence-electron chi connectivity index (χ3n) is 3.06. The van der Waals surface area contributed by atoms with Gasteiger partial charge in [0.05, 0.1) is 30.4 Å². The highest BCUT2D eigenvalue weighted by atomic mass is 16.5. The maximum absolute atomic E-state index is 11.7. The van der Waals surface area contributed by atoms with E-state index in [1.54, 1.807) is 13.3 Å². The zero-order valence-corrected chi connectivity index (χ0v) is 12.0. The lowest BCUT2D eigenvalue weighted by Crippen LogP contribution is -2.27. The maximum Gasteiger partial charge on any atom is 0.307 e. The normalized spacial score (nSPS) is 10.5. The van der Waals surface area contributed by atoms with Gasteiger partial charge < -0.3 is 14.6 Å². The molecule has 112 valence electrons. The Bertz CT molecular complexity index is 621. The fourth-order valence-electron chi connectivity index (χ4n) is 2.04. The molecule has 1 amide bonds. The van der Waals surface area contributed by atoms with Gasteiger partial charge in [0.2, 0.25) is 5.91 Å². The summed E-state index contributed by atoms with van der Waals surface area (Å²) in [5, 5.41) is 2.71. The van der Waals surface area contributed by atoms with Crippen LogP contribution in [0.2, 0.25) is 0 Å². The van der Waals surface area contributed by atoms with Crippen molar-refractivity contribution in [1.82, 2.24) is 14.9 Å². The number of fused-ring (bicyclic) bond motifs is 1. The van der Waals surface area contributed by atoms with Crippen LogP contribution in [0.1, 0.15) is 19.8 Å². The van der Waals surface area contributed by atoms with Gasteiger partial charge in [0.25, 0.3) is 0 Å². The van der Waals surface area contributed by atoms with Crippen molar-refractivity contribution < 1.29 is 14.3 Å². The Kier molecular flexibility index (Phi) is 5.31. The molecule has 21 heavy (non-hydrogen) atoms. The molecule has 0 atom stereocenters. The van der Waals surface area contributed by atoms with Crippen molar-refractivity contribution >= 4 is 22.9 Å². The minimum absolute atomic E-state index is 0.0860. The monoisotopic (exact) mass is 289 g/mol. The van der Waals surface area contributed by atoms with Crippen LogP contribution in [-0.4, -0.2) is 34.6 Å². The summed E-state index contributed by atoms with van der Waals surface area (Å²) in [4.78, 5) is 27.1. The number of carbonyl (C=O) groups excluding carboxylic acids is 2. The molecular weight excluding hydrogens is 270 g/mol. The van der Waals surface area contributed by atoms with E-state index in [0.29, 0.717) is 26.1 Å². The molecule has 0 unspecified atom stereocenters. The third-order valence-corrected chi connectivity index (χ3v) is 3.06. The second-order valence-corrected chi connectivity index (χ2v) is 4.58. The lowest BCUT2D eigenvalue weighted by atomic mass is 10.3. The molecular formula is C15H19N3O3. The molecule has 2 rings (SSSR count). The standard InChI is InChI=1S/C15H19N3O3/c1-2-21-15(20)7-9-16-14(19)8-10-18-11-17-12-5-3-4-6-13(12)18/h3-6,11H,2,7-10H2,1H3,(H,16,19). The Morgan fingerprint density at radius 2 is 2.10 bits per heavy atom. The molecule has 0 aliphatic heterocycles. The van der Waals surface area contributed by atoms with Gasteiger partial charge in [-0.15, -0.1) is 0 Å². The Balaban J connectivity index is 1.75. The molecule has 1 N–H and O–H groups in total. The molecule has 1 heterocycles. The molecule has 1 aromatic carbocycles. The fourth-order valence-corrected chi connectivity index (χ4v) is 2.04. The van der Waals surface area contributed by atoms with Gasteiger partial charge in [0, 0.05) is 19.5 Å². The minimum Gasteiger partial charge on any atom is -0.466 e. The van der Waals surface area contributed by atoms with E-state index >= 15 is 0 Å². The first-order valence-electron chi connectivity index (χ1n) is 7.03. The van der Waals surface area contributed by atoms with E-state index in [4.69, 9.17) is 4.74 Å². The summed E-state index contributed by atoms with van der Waals surface area (Å²) in [5.41, 5.74) is 1.93. The van der Waals surface area contributed by atoms with E-state index < -0.39 is 0 Å². The zero-order valence-electron chi connectivity index (χ0n) is 12.0. The van der Waals surface area contributed by atoms with Crippen molar-refractivity contribution in [2.75, 3.05) is 13.2 Å². The van der Waals surface area contributed by atoms with Gasteiger partial charge in [-0.2, -0.15) is 0 Å². The molecule has 0 aliphatic rings. The van der Waals surface area contributed by atoms with Crippen LogP contribution in [0.3, 0.4) is 0 Å². The molecule has 0 aliphatic carbocycles. The highest BCUT2D eigenvalue weighted by Crippen LogP contribution is 2.11. The van der Waals surface area contributed by atoms with Crippen LogP contribution >= 0.6 is 0 Å². The molecule has 0 bridgehead atoms. The number of ether oxygens (including phenoxy) is 1. The summed E-state index contributed by atoms with van der Waals surface area (Å²) in [5.74, 6) is -0.379. The van der Waals surface area contributed by atoms with Crippen molar-refractivity contribution in [1.29, 1.82) is 0 Å². The van der Waals surface area contributed by atoms with Gasteiger partial charge in [-0.1, -0.05) is 12.1 Å². The van der Waals surface area contributed by atoms with E-state index in [0.717, 1.165) is 11.0 Å². The summed E-state index contributed by atoms with van der Waals surface area (Å²) in [6.45, 7) is 2.99. The first-order chi connectivity index (χ1) is 10.2. The van der Waals surface area contributed by atoms with E-state index in [9.17, 15) is 9.59 Å². The Morgan fingerprint density at radius 1 is 1.29 bits per heavy atom. The average molecular weight is 289 g/mol. The first kappa shape index (κ1) is 15.0. The van der Waals surface area contributed by atoms with Crippen molar-refractivity contribution in [3.63, 3.8) is 0 Å². The van der Waals surface area contributed by atoms with Crippen molar-refractivity contribution in [2.24, 2.45) is 0 Å². The highest BCUT2D eigenvalue weighted by molar-refractivity contribution is 5.78. The van der Waals surface area contributed by atoms with E-state index in [1.165, 1.54) is 0 Å². The number of aromatic nitrogens is 2. The Labute approximate surface area is 123 Å². The third kappa shape index (κ3) is 4.30. The van der Waals surface area contributed by atoms with Gasteiger partial charge in [0.1, 0.15) is 0 Å². The zero-order chi connectivity index (χ0) is 15.1. The predicted molar refractivity (Wildman–Crippen MR) is 78.6 cm³/mol. The Hall–Kier alpha value is -2.37. The van der Waals surface area contributed by atoms with Crippen LogP contribution in [0.5, 0.6) is 0 Å². The second kappa shape index (κ2) is 7.42. The smallest absolute Gasteiger partial charge is 0.307 e. The van der Waals surface area contributed by atoms with Gasteiger partial charge in [0.15, 0.2) is 0 Å². The molecule has 0 fully saturated rings. The number of hydrogen-bond donors (Lipinski definition) is 1. The van der Waals surface area contributed by atoms with Gasteiger partial charge in [-0.3, -0.25) is 9.59 Å². The topological polar surface area (TPSA) is 73.2 Å². The van der Waals surface area contributed by atoms with E-state index in [1.807, 2.05) is 28.8 Å². The minimum atomic E-state index is -0.293. The number of benzene rings is 1. The number of amides is 1. The largest absolute Gasteiger partial charge is 0.466 e. The molecule has 6 nitrogen and oxygen atoms in total. The van der Waals surface area contributed by atoms with Crippen LogP contribution in [0.15, 0.2) is 30.6 Å². The van der Waals surface area contributed by atoms with Crippen LogP contribution in [0, 0.1) is 0 Å². The molecule has 0 radical (unpaired) electrons. The van der Waals surface area contributed by atoms with Crippen LogP contribution in [-0.2, 0) is 20.9 Å². The number of nitrogens with one attached hydrogen (secondary N) is 1. The number of aryl methyl sites for hydroxylation is 1. The SMILES string of the molecule is CCOC(=O)CCNC(=O)CCn1cnc2ccccc21. The van der Waals surface area contributed by atoms with Crippen LogP contribution < -0.4 is 5.32 Å². The number of hydrogen-bond acceptors (Lipinski definition) is 4. The number of esters is 1. The van der Waals surface area contributed by atoms with E-state index in [-0.39, 0.29) is 18.3 Å². The van der Waals surface area contributed by atoms with Gasteiger partial charge in [-0.05, 0) is 19.1 Å². The van der Waals surface area contributed by atoms with Gasteiger partial charge in [-0.25, -0.2) is 4.98 Å². The number of carbonyl (C=O) groups is 2. The van der Waals surface area contributed by atoms with Crippen molar-refractivity contribution in [3.05, 3.63) is 30.6 Å². The summed E-state index contributed by atoms with van der Waals surface area (Å²) >= 11 is 0.